The van der Waals surface area contributed by atoms with Crippen LogP contribution >= 0.6 is 24.1 Å². The van der Waals surface area contributed by atoms with Crippen molar-refractivity contribution in [2.45, 2.75) is 57.1 Å². The highest BCUT2D eigenvalue weighted by Crippen LogP contribution is 2.43. The first-order valence-electron chi connectivity index (χ1n) is 7.53. The third kappa shape index (κ3) is 7.81. The number of halogens is 3. The average Bonchev–Trinajstić information content (AvgIpc) is 2.51. The molecule has 142 valence electrons. The molecule has 0 heterocycles. The molecule has 10 heteroatoms. The number of thioether (sulfide) groups is 1. The molecule has 0 bridgehead atoms. The molecule has 1 fully saturated rings. The van der Waals surface area contributed by atoms with Crippen molar-refractivity contribution in [3.05, 3.63) is 0 Å². The van der Waals surface area contributed by atoms with Gasteiger partial charge in [-0.1, -0.05) is 19.3 Å². The van der Waals surface area contributed by atoms with Crippen LogP contribution in [0.5, 0.6) is 0 Å². The first-order valence-corrected chi connectivity index (χ1v) is 9.19. The first kappa shape index (κ1) is 21.9. The Morgan fingerprint density at radius 1 is 1.17 bits per heavy atom. The van der Waals surface area contributed by atoms with E-state index in [-0.39, 0.29) is 24.9 Å². The van der Waals surface area contributed by atoms with Gasteiger partial charge in [0, 0.05) is 10.5 Å². The van der Waals surface area contributed by atoms with Gasteiger partial charge in [0.2, 0.25) is 0 Å². The van der Waals surface area contributed by atoms with Crippen LogP contribution in [0.4, 0.5) is 13.2 Å². The molecule has 0 aliphatic heterocycles. The highest BCUT2D eigenvalue weighted by atomic mass is 32.2. The molecule has 0 aromatic heterocycles. The van der Waals surface area contributed by atoms with Crippen molar-refractivity contribution < 1.29 is 36.1 Å². The second-order valence-electron chi connectivity index (χ2n) is 6.31. The standard InChI is InChI=1S/C14H23F3O5S2/c1-12(2,9-20-24-22-21-14(15,16)17)23-10-13(11(18)19-3)7-5-4-6-8-13/h4-10H2,1-3H3. The van der Waals surface area contributed by atoms with Crippen molar-refractivity contribution in [1.29, 1.82) is 0 Å². The van der Waals surface area contributed by atoms with E-state index >= 15 is 0 Å². The number of esters is 1. The van der Waals surface area contributed by atoms with E-state index < -0.39 is 16.5 Å². The lowest BCUT2D eigenvalue weighted by Crippen LogP contribution is -2.38. The predicted molar refractivity (Wildman–Crippen MR) is 85.8 cm³/mol. The van der Waals surface area contributed by atoms with Crippen molar-refractivity contribution in [1.82, 2.24) is 0 Å². The zero-order valence-electron chi connectivity index (χ0n) is 13.9. The van der Waals surface area contributed by atoms with Crippen LogP contribution in [0, 0.1) is 5.41 Å². The predicted octanol–water partition coefficient (Wildman–Crippen LogP) is 4.67. The number of carbonyl (C=O) groups is 1. The molecule has 0 aromatic rings. The van der Waals surface area contributed by atoms with Crippen LogP contribution in [0.3, 0.4) is 0 Å². The molecule has 0 radical (unpaired) electrons. The summed E-state index contributed by atoms with van der Waals surface area (Å²) in [6.07, 6.45) is -0.185. The summed E-state index contributed by atoms with van der Waals surface area (Å²) in [4.78, 5) is 15.3. The van der Waals surface area contributed by atoms with Gasteiger partial charge in [-0.3, -0.25) is 8.98 Å². The summed E-state index contributed by atoms with van der Waals surface area (Å²) in [6, 6.07) is 0. The lowest BCUT2D eigenvalue weighted by molar-refractivity contribution is -0.441. The van der Waals surface area contributed by atoms with Gasteiger partial charge in [0.05, 0.1) is 19.1 Å². The number of hydrogen-bond acceptors (Lipinski definition) is 7. The number of carbonyl (C=O) groups excluding carboxylic acids is 1. The monoisotopic (exact) mass is 392 g/mol. The average molecular weight is 392 g/mol. The molecule has 5 nitrogen and oxygen atoms in total. The Morgan fingerprint density at radius 2 is 1.79 bits per heavy atom. The molecular weight excluding hydrogens is 369 g/mol. The lowest BCUT2D eigenvalue weighted by atomic mass is 9.75. The Labute approximate surface area is 148 Å². The van der Waals surface area contributed by atoms with Crippen molar-refractivity contribution in [3.8, 4) is 0 Å². The van der Waals surface area contributed by atoms with E-state index in [1.165, 1.54) is 18.9 Å². The second kappa shape index (κ2) is 9.51. The number of alkyl halides is 3. The van der Waals surface area contributed by atoms with Gasteiger partial charge in [-0.05, 0) is 26.7 Å². The largest absolute Gasteiger partial charge is 0.550 e. The quantitative estimate of drug-likeness (QED) is 0.186. The van der Waals surface area contributed by atoms with E-state index in [1.807, 2.05) is 13.8 Å². The fourth-order valence-corrected chi connectivity index (χ4v) is 4.24. The van der Waals surface area contributed by atoms with Gasteiger partial charge >= 0.3 is 12.3 Å². The minimum Gasteiger partial charge on any atom is -0.469 e. The summed E-state index contributed by atoms with van der Waals surface area (Å²) >= 11 is 1.66. The van der Waals surface area contributed by atoms with E-state index in [0.717, 1.165) is 32.1 Å². The first-order chi connectivity index (χ1) is 11.1. The SMILES string of the molecule is COC(=O)C1(CSC(C)(C)COSOOC(F)(F)F)CCCCC1. The maximum atomic E-state index is 12.2. The van der Waals surface area contributed by atoms with Crippen LogP contribution in [0.15, 0.2) is 0 Å². The molecule has 0 atom stereocenters. The van der Waals surface area contributed by atoms with Crippen LogP contribution in [0.2, 0.25) is 0 Å². The molecule has 1 aliphatic rings. The summed E-state index contributed by atoms with van der Waals surface area (Å²) in [5, 5.41) is 0. The molecule has 0 spiro atoms. The molecule has 0 unspecified atom stereocenters. The Bertz CT molecular complexity index is 398. The molecule has 1 aliphatic carbocycles. The molecule has 24 heavy (non-hydrogen) atoms. The van der Waals surface area contributed by atoms with E-state index in [4.69, 9.17) is 8.92 Å². The summed E-state index contributed by atoms with van der Waals surface area (Å²) in [6.45, 7) is 3.90. The Balaban J connectivity index is 2.40. The molecule has 0 N–H and O–H groups in total. The van der Waals surface area contributed by atoms with Crippen molar-refractivity contribution in [3.63, 3.8) is 0 Å². The lowest BCUT2D eigenvalue weighted by Gasteiger charge is -2.36. The molecule has 0 saturated heterocycles. The minimum atomic E-state index is -4.87. The number of hydrogen-bond donors (Lipinski definition) is 0. The molecule has 1 rings (SSSR count). The van der Waals surface area contributed by atoms with Crippen molar-refractivity contribution in [2.75, 3.05) is 19.5 Å². The maximum absolute atomic E-state index is 12.2. The fourth-order valence-electron chi connectivity index (χ4n) is 2.47. The zero-order chi connectivity index (χ0) is 18.3. The highest BCUT2D eigenvalue weighted by Gasteiger charge is 2.42. The summed E-state index contributed by atoms with van der Waals surface area (Å²) in [5.41, 5.74) is -0.488. The normalized spacial score (nSPS) is 18.4. The van der Waals surface area contributed by atoms with E-state index in [2.05, 4.69) is 9.22 Å². The van der Waals surface area contributed by atoms with Crippen molar-refractivity contribution >= 4 is 30.1 Å². The van der Waals surface area contributed by atoms with Crippen LogP contribution in [0.25, 0.3) is 0 Å². The molecule has 0 amide bonds. The maximum Gasteiger partial charge on any atom is 0.550 e. The number of methoxy groups -OCH3 is 1. The molecular formula is C14H23F3O5S2. The van der Waals surface area contributed by atoms with Crippen LogP contribution in [0.1, 0.15) is 46.0 Å². The smallest absolute Gasteiger partial charge is 0.469 e. The highest BCUT2D eigenvalue weighted by molar-refractivity contribution is 8.00. The Kier molecular flexibility index (Phi) is 8.67. The summed E-state index contributed by atoms with van der Waals surface area (Å²) in [7, 11) is 1.40. The van der Waals surface area contributed by atoms with Gasteiger partial charge in [0.15, 0.2) is 12.3 Å². The van der Waals surface area contributed by atoms with Crippen molar-refractivity contribution in [2.24, 2.45) is 5.41 Å². The topological polar surface area (TPSA) is 54.0 Å². The number of rotatable bonds is 9. The summed E-state index contributed by atoms with van der Waals surface area (Å²) in [5.74, 6) is 0.392. The third-order valence-corrected chi connectivity index (χ3v) is 5.71. The van der Waals surface area contributed by atoms with Gasteiger partial charge < -0.3 is 4.74 Å². The second-order valence-corrected chi connectivity index (χ2v) is 8.50. The number of ether oxygens (including phenoxy) is 1. The van der Waals surface area contributed by atoms with Crippen LogP contribution in [-0.2, 0) is 22.9 Å². The van der Waals surface area contributed by atoms with Crippen LogP contribution in [-0.4, -0.2) is 36.5 Å². The minimum absolute atomic E-state index is 0.126. The molecule has 1 saturated carbocycles. The Morgan fingerprint density at radius 3 is 2.33 bits per heavy atom. The fraction of sp³-hybridized carbons (Fsp3) is 0.929. The molecule has 0 aromatic carbocycles. The zero-order valence-corrected chi connectivity index (χ0v) is 15.6. The van der Waals surface area contributed by atoms with Gasteiger partial charge in [0.25, 0.3) is 0 Å². The van der Waals surface area contributed by atoms with Gasteiger partial charge in [-0.15, -0.1) is 22.4 Å². The van der Waals surface area contributed by atoms with Gasteiger partial charge in [-0.25, -0.2) is 0 Å². The summed E-state index contributed by atoms with van der Waals surface area (Å²) < 4.78 is 48.6. The Hall–Kier alpha value is -0.160. The van der Waals surface area contributed by atoms with E-state index in [1.54, 1.807) is 0 Å². The van der Waals surface area contributed by atoms with E-state index in [0.29, 0.717) is 5.75 Å². The van der Waals surface area contributed by atoms with Gasteiger partial charge in [0.1, 0.15) is 0 Å². The van der Waals surface area contributed by atoms with Crippen LogP contribution < -0.4 is 0 Å². The third-order valence-electron chi connectivity index (χ3n) is 3.78. The van der Waals surface area contributed by atoms with Gasteiger partial charge in [-0.2, -0.15) is 11.8 Å². The van der Waals surface area contributed by atoms with E-state index in [9.17, 15) is 18.0 Å².